The quantitative estimate of drug-likeness (QED) is 0.688. The summed E-state index contributed by atoms with van der Waals surface area (Å²) in [4.78, 5) is 11.2. The number of carbonyl (C=O) groups is 1. The van der Waals surface area contributed by atoms with E-state index in [-0.39, 0.29) is 17.4 Å². The molecule has 8 heteroatoms. The van der Waals surface area contributed by atoms with Gasteiger partial charge in [-0.1, -0.05) is 6.92 Å². The first-order valence-corrected chi connectivity index (χ1v) is 7.63. The number of rotatable bonds is 8. The summed E-state index contributed by atoms with van der Waals surface area (Å²) in [6.07, 6.45) is 0.794. The number of ether oxygens (including phenoxy) is 1. The summed E-state index contributed by atoms with van der Waals surface area (Å²) in [6.45, 7) is 1.60. The standard InChI is InChI=1S/C10H15NO5S2/c1-2-8-3-4-10(17-8)18(14,15)11-5-6-16-7-9(12)13/h3-4,11H,2,5-7H2,1H3,(H,12,13). The lowest BCUT2D eigenvalue weighted by Crippen LogP contribution is -2.27. The maximum atomic E-state index is 11.8. The van der Waals surface area contributed by atoms with Crippen LogP contribution in [0.2, 0.25) is 0 Å². The SMILES string of the molecule is CCc1ccc(S(=O)(=O)NCCOCC(=O)O)s1. The van der Waals surface area contributed by atoms with Crippen molar-refractivity contribution in [3.8, 4) is 0 Å². The zero-order valence-electron chi connectivity index (χ0n) is 9.88. The Bertz CT molecular complexity index is 494. The van der Waals surface area contributed by atoms with Gasteiger partial charge in [-0.15, -0.1) is 11.3 Å². The first-order valence-electron chi connectivity index (χ1n) is 5.33. The Balaban J connectivity index is 2.42. The van der Waals surface area contributed by atoms with Crippen molar-refractivity contribution in [2.75, 3.05) is 19.8 Å². The van der Waals surface area contributed by atoms with Crippen LogP contribution >= 0.6 is 11.3 Å². The Labute approximate surface area is 110 Å². The summed E-state index contributed by atoms with van der Waals surface area (Å²) in [5, 5.41) is 8.32. The van der Waals surface area contributed by atoms with Gasteiger partial charge >= 0.3 is 5.97 Å². The van der Waals surface area contributed by atoms with Crippen molar-refractivity contribution in [1.29, 1.82) is 0 Å². The van der Waals surface area contributed by atoms with E-state index in [9.17, 15) is 13.2 Å². The molecule has 0 fully saturated rings. The molecule has 0 saturated heterocycles. The minimum absolute atomic E-state index is 0.0253. The molecule has 18 heavy (non-hydrogen) atoms. The van der Waals surface area contributed by atoms with E-state index >= 15 is 0 Å². The maximum Gasteiger partial charge on any atom is 0.329 e. The topological polar surface area (TPSA) is 92.7 Å². The van der Waals surface area contributed by atoms with Gasteiger partial charge in [-0.3, -0.25) is 0 Å². The predicted molar refractivity (Wildman–Crippen MR) is 67.3 cm³/mol. The van der Waals surface area contributed by atoms with Crippen LogP contribution in [0.4, 0.5) is 0 Å². The molecule has 0 atom stereocenters. The van der Waals surface area contributed by atoms with Crippen molar-refractivity contribution in [3.63, 3.8) is 0 Å². The molecule has 1 aromatic rings. The van der Waals surface area contributed by atoms with Gasteiger partial charge in [0.1, 0.15) is 10.8 Å². The minimum Gasteiger partial charge on any atom is -0.480 e. The smallest absolute Gasteiger partial charge is 0.329 e. The Morgan fingerprint density at radius 2 is 2.22 bits per heavy atom. The second kappa shape index (κ2) is 6.83. The minimum atomic E-state index is -3.51. The van der Waals surface area contributed by atoms with Crippen LogP contribution in [-0.2, 0) is 26.0 Å². The molecule has 0 amide bonds. The van der Waals surface area contributed by atoms with E-state index in [2.05, 4.69) is 4.72 Å². The van der Waals surface area contributed by atoms with Gasteiger partial charge in [-0.25, -0.2) is 17.9 Å². The van der Waals surface area contributed by atoms with Gasteiger partial charge in [-0.2, -0.15) is 0 Å². The van der Waals surface area contributed by atoms with E-state index in [0.717, 1.165) is 11.3 Å². The van der Waals surface area contributed by atoms with Crippen LogP contribution in [0.5, 0.6) is 0 Å². The fourth-order valence-corrected chi connectivity index (χ4v) is 3.52. The fourth-order valence-electron chi connectivity index (χ4n) is 1.17. The van der Waals surface area contributed by atoms with E-state index < -0.39 is 22.6 Å². The largest absolute Gasteiger partial charge is 0.480 e. The summed E-state index contributed by atoms with van der Waals surface area (Å²) >= 11 is 1.22. The maximum absolute atomic E-state index is 11.8. The van der Waals surface area contributed by atoms with Crippen LogP contribution in [0.1, 0.15) is 11.8 Å². The van der Waals surface area contributed by atoms with Crippen LogP contribution in [0.15, 0.2) is 16.3 Å². The van der Waals surface area contributed by atoms with Crippen LogP contribution < -0.4 is 4.72 Å². The number of carboxylic acids is 1. The van der Waals surface area contributed by atoms with E-state index in [1.54, 1.807) is 12.1 Å². The molecule has 1 aromatic heterocycles. The molecular weight excluding hydrogens is 278 g/mol. The molecule has 1 heterocycles. The van der Waals surface area contributed by atoms with E-state index in [1.807, 2.05) is 6.92 Å². The van der Waals surface area contributed by atoms with E-state index in [0.29, 0.717) is 0 Å². The third-order valence-electron chi connectivity index (χ3n) is 2.01. The number of hydrogen-bond acceptors (Lipinski definition) is 5. The number of carboxylic acid groups (broad SMARTS) is 1. The zero-order valence-corrected chi connectivity index (χ0v) is 11.5. The predicted octanol–water partition coefficient (Wildman–Crippen LogP) is 0.690. The molecule has 0 saturated carbocycles. The number of aliphatic carboxylic acids is 1. The number of nitrogens with one attached hydrogen (secondary N) is 1. The van der Waals surface area contributed by atoms with Crippen molar-refractivity contribution in [2.45, 2.75) is 17.6 Å². The van der Waals surface area contributed by atoms with Gasteiger partial charge < -0.3 is 9.84 Å². The third-order valence-corrected chi connectivity index (χ3v) is 5.20. The molecule has 6 nitrogen and oxygen atoms in total. The monoisotopic (exact) mass is 293 g/mol. The lowest BCUT2D eigenvalue weighted by Gasteiger charge is -2.04. The Hall–Kier alpha value is -0.960. The Morgan fingerprint density at radius 3 is 2.78 bits per heavy atom. The number of hydrogen-bond donors (Lipinski definition) is 2. The van der Waals surface area contributed by atoms with Crippen molar-refractivity contribution in [3.05, 3.63) is 17.0 Å². The summed E-state index contributed by atoms with van der Waals surface area (Å²) in [7, 11) is -3.51. The van der Waals surface area contributed by atoms with Crippen LogP contribution in [0.3, 0.4) is 0 Å². The number of sulfonamides is 1. The molecule has 0 radical (unpaired) electrons. The Kier molecular flexibility index (Phi) is 5.73. The molecule has 1 rings (SSSR count). The first kappa shape index (κ1) is 15.1. The van der Waals surface area contributed by atoms with Gasteiger partial charge in [0.2, 0.25) is 10.0 Å². The average molecular weight is 293 g/mol. The molecule has 102 valence electrons. The lowest BCUT2D eigenvalue weighted by atomic mass is 10.4. The Morgan fingerprint density at radius 1 is 1.50 bits per heavy atom. The highest BCUT2D eigenvalue weighted by atomic mass is 32.2. The van der Waals surface area contributed by atoms with Crippen molar-refractivity contribution < 1.29 is 23.1 Å². The molecule has 0 bridgehead atoms. The third kappa shape index (κ3) is 4.73. The van der Waals surface area contributed by atoms with Gasteiger partial charge in [0.05, 0.1) is 6.61 Å². The lowest BCUT2D eigenvalue weighted by molar-refractivity contribution is -0.142. The summed E-state index contributed by atoms with van der Waals surface area (Å²) < 4.78 is 30.9. The summed E-state index contributed by atoms with van der Waals surface area (Å²) in [5.74, 6) is -1.08. The molecule has 0 spiro atoms. The molecule has 0 aromatic carbocycles. The van der Waals surface area contributed by atoms with Gasteiger partial charge in [0.25, 0.3) is 0 Å². The van der Waals surface area contributed by atoms with Gasteiger partial charge in [0.15, 0.2) is 0 Å². The van der Waals surface area contributed by atoms with E-state index in [1.165, 1.54) is 11.3 Å². The zero-order chi connectivity index (χ0) is 13.6. The molecule has 0 aliphatic rings. The highest BCUT2D eigenvalue weighted by Crippen LogP contribution is 2.21. The van der Waals surface area contributed by atoms with Crippen molar-refractivity contribution >= 4 is 27.3 Å². The average Bonchev–Trinajstić information content (AvgIpc) is 2.77. The van der Waals surface area contributed by atoms with Crippen LogP contribution in [0.25, 0.3) is 0 Å². The van der Waals surface area contributed by atoms with Crippen molar-refractivity contribution in [2.24, 2.45) is 0 Å². The second-order valence-corrected chi connectivity index (χ2v) is 6.58. The fraction of sp³-hybridized carbons (Fsp3) is 0.500. The first-order chi connectivity index (χ1) is 8.45. The van der Waals surface area contributed by atoms with Gasteiger partial charge in [0, 0.05) is 11.4 Å². The highest BCUT2D eigenvalue weighted by molar-refractivity contribution is 7.91. The summed E-state index contributed by atoms with van der Waals surface area (Å²) in [5.41, 5.74) is 0. The van der Waals surface area contributed by atoms with E-state index in [4.69, 9.17) is 9.84 Å². The molecular formula is C10H15NO5S2. The summed E-state index contributed by atoms with van der Waals surface area (Å²) in [6, 6.07) is 3.34. The second-order valence-electron chi connectivity index (χ2n) is 3.42. The molecule has 0 unspecified atom stereocenters. The number of aryl methyl sites for hydroxylation is 1. The normalized spacial score (nSPS) is 11.6. The number of thiophene rings is 1. The van der Waals surface area contributed by atoms with Crippen molar-refractivity contribution in [1.82, 2.24) is 4.72 Å². The highest BCUT2D eigenvalue weighted by Gasteiger charge is 2.15. The van der Waals surface area contributed by atoms with Gasteiger partial charge in [-0.05, 0) is 18.6 Å². The molecule has 0 aliphatic carbocycles. The van der Waals surface area contributed by atoms with Crippen LogP contribution in [0, 0.1) is 0 Å². The molecule has 0 aliphatic heterocycles. The molecule has 2 N–H and O–H groups in total. The van der Waals surface area contributed by atoms with Crippen LogP contribution in [-0.4, -0.2) is 39.3 Å².